The number of hydrogen-bond donors (Lipinski definition) is 2. The standard InChI is InChI=1S/C19H18F6.C17H18O.C16H20O2S.C16H18O.C16H18.C10H14/c1-11-5-7-15(9-13(11)3)17(18(20,21)22,19(23,24)25)16-8-6-12(2)14(4)10-16;1-11-5-7-15(9-13(11)3)17(18)16-8-6-12(2)14(4)10-16;1-11-5-7-15(9-13(11)3)19(17,18)16-8-6-12(2)14(4)10-16;1-11-5-7-15(9-13(11)3)17-16-8-6-12(2)14(4)10-16;1-11-5-7-15(9-13(11)3)16-8-6-12(2)14(4)10-16;1-7-5-9(3)10(4)6-8(7)2/h5-10H,1-4H3;5-10H,1-4H3;5-10,17-18H,1-4H3;5-10H,1-4H3;5-10H,1-4H3;5-6H,1-4H3. The van der Waals surface area contributed by atoms with E-state index >= 15 is 0 Å². The molecular weight excluding hydrogens is 1340 g/mol. The number of rotatable bonds is 9. The summed E-state index contributed by atoms with van der Waals surface area (Å²) in [5.41, 5.74) is 25.7. The van der Waals surface area contributed by atoms with Crippen molar-refractivity contribution in [2.45, 2.75) is 194 Å². The topological polar surface area (TPSA) is 66.8 Å². The highest BCUT2D eigenvalue weighted by molar-refractivity contribution is 8.24. The lowest BCUT2D eigenvalue weighted by molar-refractivity contribution is -0.288. The van der Waals surface area contributed by atoms with E-state index in [4.69, 9.17) is 4.74 Å². The highest BCUT2D eigenvalue weighted by Crippen LogP contribution is 2.58. The molecule has 0 bridgehead atoms. The van der Waals surface area contributed by atoms with E-state index in [9.17, 15) is 40.2 Å². The van der Waals surface area contributed by atoms with E-state index in [-0.39, 0.29) is 5.78 Å². The summed E-state index contributed by atoms with van der Waals surface area (Å²) in [4.78, 5) is 13.5. The van der Waals surface area contributed by atoms with Crippen LogP contribution in [0.4, 0.5) is 26.3 Å². The Balaban J connectivity index is 0.000000201. The van der Waals surface area contributed by atoms with Gasteiger partial charge in [-0.05, 0) is 383 Å². The zero-order valence-electron chi connectivity index (χ0n) is 65.9. The quantitative estimate of drug-likeness (QED) is 0.112. The van der Waals surface area contributed by atoms with Gasteiger partial charge in [0.05, 0.1) is 9.79 Å². The Hall–Kier alpha value is -9.26. The number of halogens is 6. The molecule has 0 radical (unpaired) electrons. The molecule has 554 valence electrons. The smallest absolute Gasteiger partial charge is 0.411 e. The van der Waals surface area contributed by atoms with E-state index < -0.39 is 39.5 Å². The summed E-state index contributed by atoms with van der Waals surface area (Å²) >= 11 is 0. The van der Waals surface area contributed by atoms with Crippen LogP contribution in [0.25, 0.3) is 11.1 Å². The molecule has 0 atom stereocenters. The summed E-state index contributed by atoms with van der Waals surface area (Å²) in [6.45, 7) is 48.1. The lowest BCUT2D eigenvalue weighted by Crippen LogP contribution is -2.54. The van der Waals surface area contributed by atoms with Gasteiger partial charge in [-0.2, -0.15) is 26.3 Å². The monoisotopic (exact) mass is 1440 g/mol. The van der Waals surface area contributed by atoms with Crippen LogP contribution in [0.3, 0.4) is 0 Å². The van der Waals surface area contributed by atoms with Crippen molar-refractivity contribution in [3.63, 3.8) is 0 Å². The van der Waals surface area contributed by atoms with Crippen LogP contribution in [0.2, 0.25) is 0 Å². The summed E-state index contributed by atoms with van der Waals surface area (Å²) in [5, 5.41) is 0. The number of benzene rings is 11. The van der Waals surface area contributed by atoms with E-state index in [2.05, 4.69) is 170 Å². The Kier molecular flexibility index (Phi) is 28.8. The second-order valence-electron chi connectivity index (χ2n) is 28.5. The van der Waals surface area contributed by atoms with E-state index in [1.165, 1.54) is 115 Å². The molecule has 0 saturated heterocycles. The third-order valence-electron chi connectivity index (χ3n) is 20.5. The van der Waals surface area contributed by atoms with Crippen molar-refractivity contribution in [3.8, 4) is 22.6 Å². The molecule has 105 heavy (non-hydrogen) atoms. The van der Waals surface area contributed by atoms with Crippen LogP contribution in [0, 0.1) is 166 Å². The van der Waals surface area contributed by atoms with Crippen LogP contribution in [0.1, 0.15) is 161 Å². The fraction of sp³-hybridized carbons (Fsp3) is 0.287. The van der Waals surface area contributed by atoms with E-state index in [1.807, 2.05) is 114 Å². The first-order valence-electron chi connectivity index (χ1n) is 35.3. The van der Waals surface area contributed by atoms with Crippen molar-refractivity contribution >= 4 is 16.4 Å². The van der Waals surface area contributed by atoms with Gasteiger partial charge in [0.15, 0.2) is 5.78 Å². The van der Waals surface area contributed by atoms with Crippen LogP contribution in [0.15, 0.2) is 204 Å². The molecule has 0 amide bonds. The Morgan fingerprint density at radius 1 is 0.257 bits per heavy atom. The van der Waals surface area contributed by atoms with Gasteiger partial charge in [-0.25, -0.2) is 0 Å². The molecule has 11 heteroatoms. The molecule has 11 rings (SSSR count). The number of carbonyl (C=O) groups excluding carboxylic acids is 1. The molecule has 4 nitrogen and oxygen atoms in total. The third kappa shape index (κ3) is 21.5. The highest BCUT2D eigenvalue weighted by Gasteiger charge is 2.72. The Morgan fingerprint density at radius 2 is 0.486 bits per heavy atom. The average molecular weight is 1450 g/mol. The third-order valence-corrected chi connectivity index (χ3v) is 22.4. The fourth-order valence-corrected chi connectivity index (χ4v) is 12.9. The molecule has 0 unspecified atom stereocenters. The van der Waals surface area contributed by atoms with Gasteiger partial charge >= 0.3 is 12.4 Å². The van der Waals surface area contributed by atoms with Crippen molar-refractivity contribution < 1.29 is 45.0 Å². The molecule has 0 heterocycles. The first kappa shape index (κ1) is 84.7. The number of carbonyl (C=O) groups is 1. The Labute approximate surface area is 624 Å². The van der Waals surface area contributed by atoms with Crippen LogP contribution in [-0.4, -0.2) is 27.2 Å². The van der Waals surface area contributed by atoms with Crippen LogP contribution >= 0.6 is 10.6 Å². The van der Waals surface area contributed by atoms with Gasteiger partial charge in [0.2, 0.25) is 5.41 Å². The molecule has 0 aliphatic heterocycles. The first-order valence-corrected chi connectivity index (χ1v) is 36.9. The van der Waals surface area contributed by atoms with Gasteiger partial charge in [0.1, 0.15) is 11.5 Å². The summed E-state index contributed by atoms with van der Waals surface area (Å²) in [6.07, 6.45) is -11.1. The maximum atomic E-state index is 14.0. The van der Waals surface area contributed by atoms with Crippen LogP contribution in [-0.2, 0) is 5.41 Å². The fourth-order valence-electron chi connectivity index (χ4n) is 11.4. The minimum Gasteiger partial charge on any atom is -0.457 e. The normalized spacial score (nSPS) is 11.4. The van der Waals surface area contributed by atoms with Crippen molar-refractivity contribution in [1.29, 1.82) is 0 Å². The van der Waals surface area contributed by atoms with Gasteiger partial charge in [-0.15, -0.1) is 10.6 Å². The molecule has 0 saturated carbocycles. The minimum absolute atomic E-state index is 0.0983. The zero-order valence-corrected chi connectivity index (χ0v) is 66.7. The lowest BCUT2D eigenvalue weighted by atomic mass is 9.71. The second-order valence-corrected chi connectivity index (χ2v) is 30.6. The van der Waals surface area contributed by atoms with Gasteiger partial charge < -0.3 is 4.74 Å². The summed E-state index contributed by atoms with van der Waals surface area (Å²) in [6, 6.07) is 59.4. The largest absolute Gasteiger partial charge is 0.457 e. The van der Waals surface area contributed by atoms with Gasteiger partial charge in [-0.1, -0.05) is 133 Å². The highest BCUT2D eigenvalue weighted by atomic mass is 32.3. The minimum atomic E-state index is -5.55. The first-order chi connectivity index (χ1) is 48.9. The van der Waals surface area contributed by atoms with Gasteiger partial charge in [0.25, 0.3) is 0 Å². The average Bonchev–Trinajstić information content (AvgIpc) is 0.714. The Bertz CT molecular complexity index is 4570. The number of aryl methyl sites for hydroxylation is 24. The SMILES string of the molecule is Cc1cc(C)c(C)cc1C.Cc1ccc(-c2ccc(C)c(C)c2)cc1C.Cc1ccc(C(=O)c2ccc(C)c(C)c2)cc1C.Cc1ccc(C(c2ccc(C)c(C)c2)(C(F)(F)F)C(F)(F)F)cc1C.Cc1ccc(Oc2ccc(C)c(C)c2)cc1C.Cc1ccc(S(O)(O)c2ccc(C)c(C)c2)cc1C. The molecule has 11 aromatic carbocycles. The molecular formula is C94H106F6O4S. The van der Waals surface area contributed by atoms with Crippen molar-refractivity contribution in [2.24, 2.45) is 0 Å². The maximum Gasteiger partial charge on any atom is 0.411 e. The maximum absolute atomic E-state index is 14.0. The number of hydrogen-bond acceptors (Lipinski definition) is 4. The molecule has 2 N–H and O–H groups in total. The van der Waals surface area contributed by atoms with Crippen LogP contribution in [0.5, 0.6) is 11.5 Å². The summed E-state index contributed by atoms with van der Waals surface area (Å²) in [7, 11) is -2.92. The lowest BCUT2D eigenvalue weighted by Gasteiger charge is -2.38. The summed E-state index contributed by atoms with van der Waals surface area (Å²) in [5.74, 6) is 1.90. The Morgan fingerprint density at radius 3 is 0.743 bits per heavy atom. The van der Waals surface area contributed by atoms with E-state index in [0.717, 1.165) is 80.3 Å². The zero-order chi connectivity index (χ0) is 78.5. The molecule has 0 spiro atoms. The van der Waals surface area contributed by atoms with Crippen LogP contribution < -0.4 is 4.74 Å². The van der Waals surface area contributed by atoms with Crippen molar-refractivity contribution in [1.82, 2.24) is 0 Å². The molecule has 0 fully saturated rings. The predicted octanol–water partition coefficient (Wildman–Crippen LogP) is 27.8. The molecule has 0 aliphatic rings. The number of ether oxygens (including phenoxy) is 1. The number of alkyl halides is 6. The van der Waals surface area contributed by atoms with Crippen molar-refractivity contribution in [3.05, 3.63) is 350 Å². The van der Waals surface area contributed by atoms with Gasteiger partial charge in [-0.3, -0.25) is 13.9 Å². The van der Waals surface area contributed by atoms with Crippen molar-refractivity contribution in [2.75, 3.05) is 0 Å². The van der Waals surface area contributed by atoms with Gasteiger partial charge in [0, 0.05) is 11.1 Å². The molecule has 11 aromatic rings. The summed E-state index contributed by atoms with van der Waals surface area (Å²) < 4.78 is 111. The second kappa shape index (κ2) is 35.7. The predicted molar refractivity (Wildman–Crippen MR) is 429 cm³/mol. The molecule has 0 aromatic heterocycles. The molecule has 0 aliphatic carbocycles. The van der Waals surface area contributed by atoms with E-state index in [1.54, 1.807) is 26.0 Å². The number of ketones is 1. The van der Waals surface area contributed by atoms with E-state index in [0.29, 0.717) is 32.0 Å².